The summed E-state index contributed by atoms with van der Waals surface area (Å²) in [5, 5.41) is 2.49. The molecule has 148 valence electrons. The molecule has 6 nitrogen and oxygen atoms in total. The SMILES string of the molecule is CSc1ccc(CN(C)C(=O)COC(=O)CNC(=O)c2cccc(C)c2)cc1. The van der Waals surface area contributed by atoms with Gasteiger partial charge in [0.2, 0.25) is 0 Å². The molecule has 0 atom stereocenters. The predicted molar refractivity (Wildman–Crippen MR) is 109 cm³/mol. The Labute approximate surface area is 169 Å². The predicted octanol–water partition coefficient (Wildman–Crippen LogP) is 2.65. The first-order chi connectivity index (χ1) is 13.4. The number of rotatable bonds is 8. The van der Waals surface area contributed by atoms with Crippen LogP contribution in [0.5, 0.6) is 0 Å². The molecule has 0 spiro atoms. The first-order valence-corrected chi connectivity index (χ1v) is 9.99. The lowest BCUT2D eigenvalue weighted by Crippen LogP contribution is -2.34. The average molecular weight is 401 g/mol. The van der Waals surface area contributed by atoms with E-state index < -0.39 is 5.97 Å². The quantitative estimate of drug-likeness (QED) is 0.545. The van der Waals surface area contributed by atoms with Gasteiger partial charge in [-0.1, -0.05) is 29.8 Å². The van der Waals surface area contributed by atoms with E-state index in [9.17, 15) is 14.4 Å². The molecule has 28 heavy (non-hydrogen) atoms. The Balaban J connectivity index is 1.73. The van der Waals surface area contributed by atoms with Gasteiger partial charge in [0.25, 0.3) is 11.8 Å². The fourth-order valence-corrected chi connectivity index (χ4v) is 2.85. The summed E-state index contributed by atoms with van der Waals surface area (Å²) in [6, 6.07) is 15.0. The minimum absolute atomic E-state index is 0.292. The maximum Gasteiger partial charge on any atom is 0.325 e. The van der Waals surface area contributed by atoms with Crippen molar-refractivity contribution < 1.29 is 19.1 Å². The van der Waals surface area contributed by atoms with Crippen LogP contribution in [-0.4, -0.2) is 49.1 Å². The summed E-state index contributed by atoms with van der Waals surface area (Å²) < 4.78 is 4.96. The Bertz CT molecular complexity index is 837. The van der Waals surface area contributed by atoms with Gasteiger partial charge in [-0.05, 0) is 43.0 Å². The Morgan fingerprint density at radius 3 is 2.46 bits per heavy atom. The van der Waals surface area contributed by atoms with Gasteiger partial charge in [0.05, 0.1) is 0 Å². The maximum atomic E-state index is 12.1. The van der Waals surface area contributed by atoms with Gasteiger partial charge >= 0.3 is 5.97 Å². The second-order valence-electron chi connectivity index (χ2n) is 6.31. The summed E-state index contributed by atoms with van der Waals surface area (Å²) in [5.74, 6) is -1.34. The maximum absolute atomic E-state index is 12.1. The van der Waals surface area contributed by atoms with Crippen LogP contribution in [0.4, 0.5) is 0 Å². The number of carbonyl (C=O) groups is 3. The van der Waals surface area contributed by atoms with Gasteiger partial charge in [-0.25, -0.2) is 0 Å². The van der Waals surface area contributed by atoms with Gasteiger partial charge in [0, 0.05) is 24.1 Å². The molecule has 0 radical (unpaired) electrons. The van der Waals surface area contributed by atoms with Crippen molar-refractivity contribution >= 4 is 29.5 Å². The summed E-state index contributed by atoms with van der Waals surface area (Å²) in [6.45, 7) is 1.65. The highest BCUT2D eigenvalue weighted by atomic mass is 32.2. The number of amides is 2. The van der Waals surface area contributed by atoms with Crippen molar-refractivity contribution in [3.05, 3.63) is 65.2 Å². The first-order valence-electron chi connectivity index (χ1n) is 8.76. The van der Waals surface area contributed by atoms with Crippen LogP contribution in [-0.2, 0) is 20.9 Å². The molecule has 0 aromatic heterocycles. The third-order valence-corrected chi connectivity index (χ3v) is 4.78. The monoisotopic (exact) mass is 400 g/mol. The van der Waals surface area contributed by atoms with Crippen molar-refractivity contribution in [2.75, 3.05) is 26.5 Å². The summed E-state index contributed by atoms with van der Waals surface area (Å²) in [7, 11) is 1.65. The summed E-state index contributed by atoms with van der Waals surface area (Å²) in [4.78, 5) is 38.6. The van der Waals surface area contributed by atoms with Crippen LogP contribution in [0.2, 0.25) is 0 Å². The summed E-state index contributed by atoms with van der Waals surface area (Å²) in [6.07, 6.45) is 2.00. The Hall–Kier alpha value is -2.80. The van der Waals surface area contributed by atoms with Gasteiger partial charge < -0.3 is 15.0 Å². The van der Waals surface area contributed by atoms with E-state index in [0.717, 1.165) is 16.0 Å². The van der Waals surface area contributed by atoms with Crippen molar-refractivity contribution in [3.63, 3.8) is 0 Å². The van der Waals surface area contributed by atoms with Gasteiger partial charge in [-0.2, -0.15) is 0 Å². The molecule has 2 rings (SSSR count). The molecular formula is C21H24N2O4S. The molecule has 0 heterocycles. The number of carbonyl (C=O) groups excluding carboxylic acids is 3. The smallest absolute Gasteiger partial charge is 0.325 e. The number of ether oxygens (including phenoxy) is 1. The minimum atomic E-state index is -0.660. The molecule has 0 bridgehead atoms. The van der Waals surface area contributed by atoms with E-state index in [1.165, 1.54) is 4.90 Å². The lowest BCUT2D eigenvalue weighted by atomic mass is 10.1. The number of likely N-dealkylation sites (N-methyl/N-ethyl adjacent to an activating group) is 1. The highest BCUT2D eigenvalue weighted by Gasteiger charge is 2.14. The second kappa shape index (κ2) is 10.5. The average Bonchev–Trinajstić information content (AvgIpc) is 2.70. The standard InChI is InChI=1S/C21H24N2O4S/c1-15-5-4-6-17(11-15)21(26)22-12-20(25)27-14-19(24)23(2)13-16-7-9-18(28-3)10-8-16/h4-11H,12-14H2,1-3H3,(H,22,26). The molecule has 0 unspecified atom stereocenters. The molecule has 2 amide bonds. The minimum Gasteiger partial charge on any atom is -0.454 e. The number of aryl methyl sites for hydroxylation is 1. The number of hydrogen-bond acceptors (Lipinski definition) is 5. The van der Waals surface area contributed by atoms with Crippen molar-refractivity contribution in [1.82, 2.24) is 10.2 Å². The third-order valence-electron chi connectivity index (χ3n) is 4.03. The fraction of sp³-hybridized carbons (Fsp3) is 0.286. The summed E-state index contributed by atoms with van der Waals surface area (Å²) in [5.41, 5.74) is 2.41. The van der Waals surface area contributed by atoms with Crippen LogP contribution >= 0.6 is 11.8 Å². The highest BCUT2D eigenvalue weighted by Crippen LogP contribution is 2.15. The van der Waals surface area contributed by atoms with E-state index in [1.807, 2.05) is 43.5 Å². The number of nitrogens with zero attached hydrogens (tertiary/aromatic N) is 1. The van der Waals surface area contributed by atoms with Gasteiger partial charge in [0.15, 0.2) is 6.61 Å². The zero-order chi connectivity index (χ0) is 20.5. The third kappa shape index (κ3) is 6.74. The molecular weight excluding hydrogens is 376 g/mol. The second-order valence-corrected chi connectivity index (χ2v) is 7.19. The Morgan fingerprint density at radius 2 is 1.82 bits per heavy atom. The van der Waals surface area contributed by atoms with Crippen molar-refractivity contribution in [3.8, 4) is 0 Å². The van der Waals surface area contributed by atoms with Gasteiger partial charge in [-0.3, -0.25) is 14.4 Å². The van der Waals surface area contributed by atoms with Gasteiger partial charge in [0.1, 0.15) is 6.54 Å². The molecule has 2 aromatic carbocycles. The van der Waals surface area contributed by atoms with E-state index in [0.29, 0.717) is 12.1 Å². The highest BCUT2D eigenvalue weighted by molar-refractivity contribution is 7.98. The summed E-state index contributed by atoms with van der Waals surface area (Å²) >= 11 is 1.65. The normalized spacial score (nSPS) is 10.2. The molecule has 0 aliphatic carbocycles. The zero-order valence-electron chi connectivity index (χ0n) is 16.2. The lowest BCUT2D eigenvalue weighted by Gasteiger charge is -2.17. The van der Waals surface area contributed by atoms with Crippen LogP contribution in [0, 0.1) is 6.92 Å². The largest absolute Gasteiger partial charge is 0.454 e. The number of nitrogens with one attached hydrogen (secondary N) is 1. The van der Waals surface area contributed by atoms with Crippen LogP contribution in [0.15, 0.2) is 53.4 Å². The van der Waals surface area contributed by atoms with E-state index >= 15 is 0 Å². The first kappa shape index (κ1) is 21.5. The number of hydrogen-bond donors (Lipinski definition) is 1. The van der Waals surface area contributed by atoms with Gasteiger partial charge in [-0.15, -0.1) is 11.8 Å². The molecule has 0 saturated heterocycles. The molecule has 0 aliphatic rings. The molecule has 2 aromatic rings. The van der Waals surface area contributed by atoms with Crippen LogP contribution in [0.25, 0.3) is 0 Å². The molecule has 0 fully saturated rings. The molecule has 0 saturated carbocycles. The number of thioether (sulfide) groups is 1. The lowest BCUT2D eigenvalue weighted by molar-refractivity contribution is -0.150. The van der Waals surface area contributed by atoms with E-state index in [1.54, 1.807) is 37.0 Å². The van der Waals surface area contributed by atoms with Crippen molar-refractivity contribution in [2.45, 2.75) is 18.4 Å². The van der Waals surface area contributed by atoms with E-state index in [2.05, 4.69) is 5.32 Å². The molecule has 7 heteroatoms. The Kier molecular flexibility index (Phi) is 8.07. The van der Waals surface area contributed by atoms with Crippen LogP contribution in [0.3, 0.4) is 0 Å². The van der Waals surface area contributed by atoms with Crippen molar-refractivity contribution in [1.29, 1.82) is 0 Å². The Morgan fingerprint density at radius 1 is 1.11 bits per heavy atom. The molecule has 0 aliphatic heterocycles. The van der Waals surface area contributed by atoms with E-state index in [-0.39, 0.29) is 25.0 Å². The fourth-order valence-electron chi connectivity index (χ4n) is 2.44. The van der Waals surface area contributed by atoms with Crippen molar-refractivity contribution in [2.24, 2.45) is 0 Å². The van der Waals surface area contributed by atoms with Crippen LogP contribution < -0.4 is 5.32 Å². The zero-order valence-corrected chi connectivity index (χ0v) is 17.0. The topological polar surface area (TPSA) is 75.7 Å². The number of benzene rings is 2. The molecule has 1 N–H and O–H groups in total. The van der Waals surface area contributed by atoms with Crippen LogP contribution in [0.1, 0.15) is 21.5 Å². The van der Waals surface area contributed by atoms with E-state index in [4.69, 9.17) is 4.74 Å². The number of esters is 1.